The van der Waals surface area contributed by atoms with Gasteiger partial charge in [-0.3, -0.25) is 9.05 Å². The van der Waals surface area contributed by atoms with Crippen LogP contribution in [0.15, 0.2) is 0 Å². The summed E-state index contributed by atoms with van der Waals surface area (Å²) in [7, 11) is -3.28. The summed E-state index contributed by atoms with van der Waals surface area (Å²) in [5.74, 6) is 3.34. The summed E-state index contributed by atoms with van der Waals surface area (Å²) >= 11 is 5.52. The van der Waals surface area contributed by atoms with Gasteiger partial charge < -0.3 is 0 Å². The summed E-state index contributed by atoms with van der Waals surface area (Å²) < 4.78 is 22.7. The number of unbranched alkanes of at least 4 members (excludes halogenated alkanes) is 1. The van der Waals surface area contributed by atoms with Crippen LogP contribution in [0.25, 0.3) is 0 Å². The Kier molecular flexibility index (Phi) is 8.14. The molecule has 0 radical (unpaired) electrons. The minimum atomic E-state index is -3.28. The maximum atomic E-state index is 12.1. The van der Waals surface area contributed by atoms with Gasteiger partial charge in [-0.05, 0) is 34.1 Å². The molecule has 0 aliphatic heterocycles. The monoisotopic (exact) mass is 266 g/mol. The number of alkyl halides is 1. The third-order valence-corrected chi connectivity index (χ3v) is 3.45. The van der Waals surface area contributed by atoms with E-state index in [0.717, 1.165) is 6.42 Å². The quantitative estimate of drug-likeness (QED) is 0.315. The zero-order chi connectivity index (χ0) is 12.6. The van der Waals surface area contributed by atoms with E-state index in [4.69, 9.17) is 20.6 Å². The molecule has 0 bridgehead atoms. The molecule has 3 nitrogen and oxygen atoms in total. The summed E-state index contributed by atoms with van der Waals surface area (Å²) in [6, 6.07) is 0. The molecule has 0 atom stereocenters. The second-order valence-electron chi connectivity index (χ2n) is 3.89. The van der Waals surface area contributed by atoms with Crippen LogP contribution in [0.2, 0.25) is 0 Å². The Balaban J connectivity index is 4.51. The molecular weight excluding hydrogens is 247 g/mol. The molecule has 0 aromatic carbocycles. The zero-order valence-electron chi connectivity index (χ0n) is 10.3. The van der Waals surface area contributed by atoms with E-state index in [1.807, 2.05) is 0 Å². The Morgan fingerprint density at radius 3 is 2.06 bits per heavy atom. The molecule has 0 spiro atoms. The molecule has 0 rings (SSSR count). The maximum Gasteiger partial charge on any atom is 0.406 e. The van der Waals surface area contributed by atoms with E-state index in [1.54, 1.807) is 27.7 Å². The average molecular weight is 267 g/mol. The Morgan fingerprint density at radius 1 is 1.19 bits per heavy atom. The first-order chi connectivity index (χ1) is 7.39. The van der Waals surface area contributed by atoms with Crippen molar-refractivity contribution in [3.05, 3.63) is 0 Å². The Morgan fingerprint density at radius 2 is 1.69 bits per heavy atom. The van der Waals surface area contributed by atoms with Crippen LogP contribution in [0.4, 0.5) is 0 Å². The van der Waals surface area contributed by atoms with Gasteiger partial charge in [0.1, 0.15) is 0 Å². The van der Waals surface area contributed by atoms with Crippen molar-refractivity contribution in [1.29, 1.82) is 0 Å². The van der Waals surface area contributed by atoms with E-state index < -0.39 is 7.60 Å². The molecule has 0 aliphatic rings. The highest BCUT2D eigenvalue weighted by Crippen LogP contribution is 2.49. The Hall–Kier alpha value is -0.0000000000000000208. The van der Waals surface area contributed by atoms with Crippen molar-refractivity contribution in [2.24, 2.45) is 0 Å². The van der Waals surface area contributed by atoms with Crippen LogP contribution < -0.4 is 0 Å². The lowest BCUT2D eigenvalue weighted by atomic mass is 10.4. The van der Waals surface area contributed by atoms with Crippen molar-refractivity contribution in [1.82, 2.24) is 0 Å². The first-order valence-electron chi connectivity index (χ1n) is 5.42. The minimum absolute atomic E-state index is 0.174. The van der Waals surface area contributed by atoms with E-state index in [1.165, 1.54) is 0 Å². The van der Waals surface area contributed by atoms with Crippen molar-refractivity contribution in [3.63, 3.8) is 0 Å². The molecule has 0 aromatic heterocycles. The summed E-state index contributed by atoms with van der Waals surface area (Å²) in [5.41, 5.74) is 2.60. The third-order valence-electron chi connectivity index (χ3n) is 1.35. The molecule has 0 heterocycles. The molecule has 0 N–H and O–H groups in total. The molecule has 0 saturated heterocycles. The van der Waals surface area contributed by atoms with Gasteiger partial charge in [0.05, 0.1) is 12.2 Å². The van der Waals surface area contributed by atoms with E-state index in [0.29, 0.717) is 12.3 Å². The molecule has 0 unspecified atom stereocenters. The molecule has 16 heavy (non-hydrogen) atoms. The minimum Gasteiger partial charge on any atom is -0.297 e. The highest BCUT2D eigenvalue weighted by molar-refractivity contribution is 7.59. The second kappa shape index (κ2) is 8.14. The molecule has 0 saturated carbocycles. The summed E-state index contributed by atoms with van der Waals surface area (Å²) in [6.45, 7) is 7.21. The molecular formula is C11H20ClO3P. The number of hydrogen-bond donors (Lipinski definition) is 0. The van der Waals surface area contributed by atoms with Gasteiger partial charge in [-0.15, -0.1) is 11.6 Å². The average Bonchev–Trinajstić information content (AvgIpc) is 2.09. The SMILES string of the molecule is CC(C)OP(=O)(C#CCCCCl)OC(C)C. The predicted octanol–water partition coefficient (Wildman–Crippen LogP) is 4.01. The normalized spacial score (nSPS) is 11.7. The first kappa shape index (κ1) is 16.0. The third kappa shape index (κ3) is 8.19. The summed E-state index contributed by atoms with van der Waals surface area (Å²) in [4.78, 5) is 0. The highest BCUT2D eigenvalue weighted by Gasteiger charge is 2.24. The van der Waals surface area contributed by atoms with Gasteiger partial charge in [0.15, 0.2) is 0 Å². The fourth-order valence-corrected chi connectivity index (χ4v) is 2.64. The van der Waals surface area contributed by atoms with Crippen molar-refractivity contribution < 1.29 is 13.6 Å². The largest absolute Gasteiger partial charge is 0.406 e. The molecule has 0 amide bonds. The number of hydrogen-bond acceptors (Lipinski definition) is 3. The van der Waals surface area contributed by atoms with Crippen molar-refractivity contribution in [3.8, 4) is 11.6 Å². The van der Waals surface area contributed by atoms with Crippen molar-refractivity contribution in [2.45, 2.75) is 52.7 Å². The van der Waals surface area contributed by atoms with Crippen LogP contribution in [0.1, 0.15) is 40.5 Å². The van der Waals surface area contributed by atoms with Crippen molar-refractivity contribution in [2.75, 3.05) is 5.88 Å². The number of halogens is 1. The molecule has 0 fully saturated rings. The van der Waals surface area contributed by atoms with Crippen LogP contribution in [0.5, 0.6) is 0 Å². The molecule has 0 aromatic rings. The van der Waals surface area contributed by atoms with Crippen LogP contribution in [0.3, 0.4) is 0 Å². The predicted molar refractivity (Wildman–Crippen MR) is 67.8 cm³/mol. The van der Waals surface area contributed by atoms with Gasteiger partial charge in [-0.25, -0.2) is 4.57 Å². The van der Waals surface area contributed by atoms with Gasteiger partial charge >= 0.3 is 7.60 Å². The highest BCUT2D eigenvalue weighted by atomic mass is 35.5. The lowest BCUT2D eigenvalue weighted by Gasteiger charge is -2.17. The lowest BCUT2D eigenvalue weighted by molar-refractivity contribution is 0.151. The standard InChI is InChI=1S/C11H20ClO3P/c1-10(2)14-16(13,15-11(3)4)9-7-5-6-8-12/h10-11H,5-6,8H2,1-4H3. The first-order valence-corrected chi connectivity index (χ1v) is 7.50. The lowest BCUT2D eigenvalue weighted by Crippen LogP contribution is -2.06. The van der Waals surface area contributed by atoms with Gasteiger partial charge in [0, 0.05) is 18.0 Å². The van der Waals surface area contributed by atoms with Crippen LogP contribution in [-0.4, -0.2) is 18.1 Å². The van der Waals surface area contributed by atoms with Crippen molar-refractivity contribution >= 4 is 19.2 Å². The number of rotatable bonds is 6. The zero-order valence-corrected chi connectivity index (χ0v) is 12.0. The van der Waals surface area contributed by atoms with Gasteiger partial charge in [-0.2, -0.15) is 0 Å². The van der Waals surface area contributed by atoms with Crippen LogP contribution in [0, 0.1) is 11.6 Å². The van der Waals surface area contributed by atoms with Crippen LogP contribution in [-0.2, 0) is 13.6 Å². The second-order valence-corrected chi connectivity index (χ2v) is 5.91. The molecule has 94 valence electrons. The maximum absolute atomic E-state index is 12.1. The summed E-state index contributed by atoms with van der Waals surface area (Å²) in [5, 5.41) is 0. The van der Waals surface area contributed by atoms with E-state index in [9.17, 15) is 4.57 Å². The van der Waals surface area contributed by atoms with E-state index in [-0.39, 0.29) is 12.2 Å². The Bertz CT molecular complexity index is 277. The Labute approximate surface area is 103 Å². The van der Waals surface area contributed by atoms with Gasteiger partial charge in [-0.1, -0.05) is 5.92 Å². The topological polar surface area (TPSA) is 35.5 Å². The summed E-state index contributed by atoms with van der Waals surface area (Å²) in [6.07, 6.45) is 1.03. The van der Waals surface area contributed by atoms with Crippen LogP contribution >= 0.6 is 19.2 Å². The van der Waals surface area contributed by atoms with E-state index >= 15 is 0 Å². The van der Waals surface area contributed by atoms with Gasteiger partial charge in [0.25, 0.3) is 0 Å². The smallest absolute Gasteiger partial charge is 0.297 e. The molecule has 0 aliphatic carbocycles. The van der Waals surface area contributed by atoms with E-state index in [2.05, 4.69) is 11.6 Å². The van der Waals surface area contributed by atoms with Gasteiger partial charge in [0.2, 0.25) is 0 Å². The molecule has 5 heteroatoms. The fourth-order valence-electron chi connectivity index (χ4n) is 0.941. The fraction of sp³-hybridized carbons (Fsp3) is 0.818.